The molecular formula is C22H40O2P2. The Morgan fingerprint density at radius 1 is 0.500 bits per heavy atom. The van der Waals surface area contributed by atoms with E-state index in [0.29, 0.717) is 22.4 Å². The van der Waals surface area contributed by atoms with E-state index in [-0.39, 0.29) is 33.5 Å². The lowest BCUT2D eigenvalue weighted by Crippen LogP contribution is -2.58. The number of carbonyl (C=O) groups excluding carboxylic acids is 2. The van der Waals surface area contributed by atoms with Crippen LogP contribution in [0.15, 0.2) is 0 Å². The summed E-state index contributed by atoms with van der Waals surface area (Å²) >= 11 is 0. The molecule has 0 bridgehead atoms. The van der Waals surface area contributed by atoms with Gasteiger partial charge in [-0.1, -0.05) is 83.1 Å². The lowest BCUT2D eigenvalue weighted by molar-refractivity contribution is -0.123. The minimum atomic E-state index is -0.829. The zero-order valence-corrected chi connectivity index (χ0v) is 20.8. The second kappa shape index (κ2) is 6.35. The van der Waals surface area contributed by atoms with E-state index in [1.54, 1.807) is 0 Å². The highest BCUT2D eigenvalue weighted by atomic mass is 32.1. The van der Waals surface area contributed by atoms with Gasteiger partial charge < -0.3 is 0 Å². The summed E-state index contributed by atoms with van der Waals surface area (Å²) in [5.41, 5.74) is 1.76. The van der Waals surface area contributed by atoms with E-state index in [4.69, 9.17) is 0 Å². The highest BCUT2D eigenvalue weighted by Gasteiger charge is 2.69. The predicted molar refractivity (Wildman–Crippen MR) is 116 cm³/mol. The topological polar surface area (TPSA) is 34.1 Å². The van der Waals surface area contributed by atoms with Gasteiger partial charge in [0.2, 0.25) is 0 Å². The molecule has 4 heteroatoms. The van der Waals surface area contributed by atoms with E-state index in [9.17, 15) is 9.59 Å². The van der Waals surface area contributed by atoms with Gasteiger partial charge in [0, 0.05) is 38.4 Å². The quantitative estimate of drug-likeness (QED) is 0.441. The molecule has 0 amide bonds. The monoisotopic (exact) mass is 398 g/mol. The Bertz CT molecular complexity index is 542. The molecule has 0 radical (unpaired) electrons. The molecule has 0 aromatic carbocycles. The molecule has 150 valence electrons. The number of rotatable bonds is 1. The SMILES string of the molecule is CC(C)(C)[C@@H]1C(=O)P(P2C(=O)[C@H](C(C)(C)C)[C@H]2C(C)(C)C)[C@H]1C(C)(C)C. The minimum Gasteiger partial charge on any atom is -0.294 e. The molecule has 0 saturated carbocycles. The highest BCUT2D eigenvalue weighted by molar-refractivity contribution is 8.44. The Labute approximate surface area is 164 Å². The fourth-order valence-electron chi connectivity index (χ4n) is 4.85. The number of hydrogen-bond donors (Lipinski definition) is 0. The highest BCUT2D eigenvalue weighted by Crippen LogP contribution is 2.91. The molecule has 0 aromatic rings. The second-order valence-electron chi connectivity index (χ2n) is 12.7. The van der Waals surface area contributed by atoms with E-state index in [0.717, 1.165) is 0 Å². The molecule has 0 spiro atoms. The molecule has 26 heavy (non-hydrogen) atoms. The van der Waals surface area contributed by atoms with Crippen molar-refractivity contribution < 1.29 is 9.59 Å². The van der Waals surface area contributed by atoms with Crippen LogP contribution in [0, 0.1) is 33.5 Å². The summed E-state index contributed by atoms with van der Waals surface area (Å²) in [5.74, 6) is 0.219. The van der Waals surface area contributed by atoms with Gasteiger partial charge in [-0.15, -0.1) is 0 Å². The molecule has 2 rings (SSSR count). The van der Waals surface area contributed by atoms with Crippen LogP contribution in [0.1, 0.15) is 83.1 Å². The lowest BCUT2D eigenvalue weighted by atomic mass is 9.71. The molecule has 2 nitrogen and oxygen atoms in total. The van der Waals surface area contributed by atoms with Gasteiger partial charge in [0.05, 0.1) is 0 Å². The normalized spacial score (nSPS) is 36.6. The van der Waals surface area contributed by atoms with Crippen LogP contribution < -0.4 is 0 Å². The van der Waals surface area contributed by atoms with E-state index in [1.807, 2.05) is 0 Å². The van der Waals surface area contributed by atoms with Crippen molar-refractivity contribution in [3.8, 4) is 0 Å². The zero-order chi connectivity index (χ0) is 20.6. The summed E-state index contributed by atoms with van der Waals surface area (Å²) in [6.45, 7) is 26.8. The van der Waals surface area contributed by atoms with E-state index in [2.05, 4.69) is 83.1 Å². The van der Waals surface area contributed by atoms with Crippen LogP contribution in [0.25, 0.3) is 0 Å². The van der Waals surface area contributed by atoms with Gasteiger partial charge in [-0.2, -0.15) is 0 Å². The molecule has 2 heterocycles. The summed E-state index contributed by atoms with van der Waals surface area (Å²) in [5, 5.41) is 0. The van der Waals surface area contributed by atoms with E-state index in [1.165, 1.54) is 0 Å². The minimum absolute atomic E-state index is 0.0161. The van der Waals surface area contributed by atoms with Gasteiger partial charge in [-0.3, -0.25) is 9.59 Å². The third-order valence-corrected chi connectivity index (χ3v) is 15.2. The van der Waals surface area contributed by atoms with Crippen LogP contribution in [0.5, 0.6) is 0 Å². The van der Waals surface area contributed by atoms with Gasteiger partial charge in [-0.25, -0.2) is 0 Å². The van der Waals surface area contributed by atoms with Crippen molar-refractivity contribution in [2.75, 3.05) is 0 Å². The Kier molecular flexibility index (Phi) is 5.49. The Hall–Kier alpha value is 0.200. The molecule has 0 aromatic heterocycles. The van der Waals surface area contributed by atoms with Crippen molar-refractivity contribution in [2.45, 2.75) is 94.4 Å². The van der Waals surface area contributed by atoms with E-state index >= 15 is 0 Å². The van der Waals surface area contributed by atoms with Crippen LogP contribution in [0.4, 0.5) is 0 Å². The first-order chi connectivity index (χ1) is 11.3. The van der Waals surface area contributed by atoms with E-state index < -0.39 is 15.2 Å². The summed E-state index contributed by atoms with van der Waals surface area (Å²) in [4.78, 5) is 26.7. The molecule has 6 atom stereocenters. The molecule has 2 fully saturated rings. The Balaban J connectivity index is 2.46. The van der Waals surface area contributed by atoms with Gasteiger partial charge in [0.1, 0.15) is 0 Å². The standard InChI is InChI=1S/C22H40O2P2/c1-19(2,3)13-15(21(7,8)9)25(17(13)23)26-16(22(10,11)12)14(18(26)24)20(4,5)6/h13-16H,1-12H3/t13-,14+,15+,16-,25?,26?. The maximum Gasteiger partial charge on any atom is 0.163 e. The summed E-state index contributed by atoms with van der Waals surface area (Å²) in [6.07, 6.45) is 0. The van der Waals surface area contributed by atoms with Crippen LogP contribution in [-0.2, 0) is 9.59 Å². The third kappa shape index (κ3) is 3.59. The predicted octanol–water partition coefficient (Wildman–Crippen LogP) is 7.10. The number of hydrogen-bond acceptors (Lipinski definition) is 2. The van der Waals surface area contributed by atoms with Crippen molar-refractivity contribution in [3.63, 3.8) is 0 Å². The van der Waals surface area contributed by atoms with Crippen molar-refractivity contribution in [2.24, 2.45) is 33.5 Å². The lowest BCUT2D eigenvalue weighted by Gasteiger charge is -2.64. The van der Waals surface area contributed by atoms with Crippen LogP contribution in [0.3, 0.4) is 0 Å². The van der Waals surface area contributed by atoms with Crippen molar-refractivity contribution in [1.29, 1.82) is 0 Å². The first kappa shape index (κ1) is 22.5. The fraction of sp³-hybridized carbons (Fsp3) is 0.909. The first-order valence-corrected chi connectivity index (χ1v) is 13.5. The van der Waals surface area contributed by atoms with Crippen molar-refractivity contribution >= 4 is 26.3 Å². The van der Waals surface area contributed by atoms with Gasteiger partial charge in [0.15, 0.2) is 11.0 Å². The molecule has 0 aliphatic carbocycles. The summed E-state index contributed by atoms with van der Waals surface area (Å²) in [6, 6.07) is 0. The fourth-order valence-corrected chi connectivity index (χ4v) is 17.2. The smallest absolute Gasteiger partial charge is 0.163 e. The molecular weight excluding hydrogens is 358 g/mol. The maximum absolute atomic E-state index is 13.4. The van der Waals surface area contributed by atoms with Crippen LogP contribution >= 0.6 is 15.2 Å². The van der Waals surface area contributed by atoms with Gasteiger partial charge in [-0.05, 0) is 21.7 Å². The summed E-state index contributed by atoms with van der Waals surface area (Å²) < 4.78 is 0. The summed E-state index contributed by atoms with van der Waals surface area (Å²) in [7, 11) is -1.66. The third-order valence-electron chi connectivity index (χ3n) is 6.01. The molecule has 0 N–H and O–H groups in total. The molecule has 2 saturated heterocycles. The zero-order valence-electron chi connectivity index (χ0n) is 19.0. The molecule has 2 aliphatic rings. The Morgan fingerprint density at radius 3 is 0.885 bits per heavy atom. The van der Waals surface area contributed by atoms with Crippen molar-refractivity contribution in [1.82, 2.24) is 0 Å². The van der Waals surface area contributed by atoms with Gasteiger partial charge >= 0.3 is 0 Å². The van der Waals surface area contributed by atoms with Crippen molar-refractivity contribution in [3.05, 3.63) is 0 Å². The average molecular weight is 399 g/mol. The Morgan fingerprint density at radius 2 is 0.731 bits per heavy atom. The maximum atomic E-state index is 13.4. The first-order valence-electron chi connectivity index (χ1n) is 9.97. The largest absolute Gasteiger partial charge is 0.294 e. The number of carbonyl (C=O) groups is 2. The van der Waals surface area contributed by atoms with Gasteiger partial charge in [0.25, 0.3) is 0 Å². The van der Waals surface area contributed by atoms with Crippen LogP contribution in [0.2, 0.25) is 0 Å². The van der Waals surface area contributed by atoms with Crippen LogP contribution in [-0.4, -0.2) is 22.4 Å². The second-order valence-corrected chi connectivity index (χ2v) is 18.6. The average Bonchev–Trinajstić information content (AvgIpc) is 2.32. The molecule has 2 unspecified atom stereocenters. The molecule has 2 aliphatic heterocycles.